The van der Waals surface area contributed by atoms with E-state index in [-0.39, 0.29) is 11.3 Å². The SMILES string of the molecule is COc1cccc(/C(O)=C2/C(=O)C(=O)N(c3cccc(Cl)c3C)C2c2cccs2)c1. The fraction of sp³-hybridized carbons (Fsp3) is 0.130. The molecule has 1 atom stereocenters. The maximum atomic E-state index is 13.1. The van der Waals surface area contributed by atoms with E-state index in [1.54, 1.807) is 49.4 Å². The van der Waals surface area contributed by atoms with Crippen LogP contribution < -0.4 is 9.64 Å². The van der Waals surface area contributed by atoms with Gasteiger partial charge in [-0.2, -0.15) is 0 Å². The molecular weight excluding hydrogens is 422 g/mol. The molecule has 1 saturated heterocycles. The van der Waals surface area contributed by atoms with Crippen LogP contribution in [-0.2, 0) is 9.59 Å². The standard InChI is InChI=1S/C23H18ClNO4S/c1-13-16(24)8-4-9-17(13)25-20(18-10-5-11-30-18)19(22(27)23(25)28)21(26)14-6-3-7-15(12-14)29-2/h3-12,20,26H,1-2H3/b21-19-. The Morgan fingerprint density at radius 2 is 1.90 bits per heavy atom. The molecule has 0 spiro atoms. The fourth-order valence-corrected chi connectivity index (χ4v) is 4.57. The van der Waals surface area contributed by atoms with E-state index in [2.05, 4.69) is 0 Å². The van der Waals surface area contributed by atoms with Gasteiger partial charge in [0.1, 0.15) is 17.6 Å². The van der Waals surface area contributed by atoms with Gasteiger partial charge < -0.3 is 9.84 Å². The van der Waals surface area contributed by atoms with Crippen molar-refractivity contribution in [3.8, 4) is 5.75 Å². The lowest BCUT2D eigenvalue weighted by Crippen LogP contribution is -2.29. The highest BCUT2D eigenvalue weighted by Gasteiger charge is 2.47. The van der Waals surface area contributed by atoms with Crippen LogP contribution in [-0.4, -0.2) is 23.9 Å². The zero-order valence-electron chi connectivity index (χ0n) is 16.3. The molecule has 1 aliphatic rings. The van der Waals surface area contributed by atoms with Gasteiger partial charge in [0.2, 0.25) is 0 Å². The van der Waals surface area contributed by atoms with E-state index in [1.807, 2.05) is 17.5 Å². The third-order valence-electron chi connectivity index (χ3n) is 5.10. The molecule has 1 aliphatic heterocycles. The van der Waals surface area contributed by atoms with Crippen LogP contribution in [0.25, 0.3) is 5.76 Å². The van der Waals surface area contributed by atoms with Crippen molar-refractivity contribution in [2.24, 2.45) is 0 Å². The van der Waals surface area contributed by atoms with E-state index in [0.29, 0.717) is 27.6 Å². The first-order valence-corrected chi connectivity index (χ1v) is 10.4. The molecular formula is C23H18ClNO4S. The molecule has 7 heteroatoms. The molecule has 30 heavy (non-hydrogen) atoms. The summed E-state index contributed by atoms with van der Waals surface area (Å²) in [6.07, 6.45) is 0. The Morgan fingerprint density at radius 3 is 2.60 bits per heavy atom. The summed E-state index contributed by atoms with van der Waals surface area (Å²) in [5.74, 6) is -1.16. The highest BCUT2D eigenvalue weighted by atomic mass is 35.5. The minimum Gasteiger partial charge on any atom is -0.507 e. The monoisotopic (exact) mass is 439 g/mol. The third kappa shape index (κ3) is 3.28. The number of hydrogen-bond donors (Lipinski definition) is 1. The fourth-order valence-electron chi connectivity index (χ4n) is 3.58. The summed E-state index contributed by atoms with van der Waals surface area (Å²) in [4.78, 5) is 28.4. The molecule has 0 aliphatic carbocycles. The number of nitrogens with zero attached hydrogens (tertiary/aromatic N) is 1. The quantitative estimate of drug-likeness (QED) is 0.338. The van der Waals surface area contributed by atoms with Gasteiger partial charge in [-0.15, -0.1) is 11.3 Å². The van der Waals surface area contributed by atoms with Gasteiger partial charge in [0, 0.05) is 21.2 Å². The third-order valence-corrected chi connectivity index (χ3v) is 6.43. The summed E-state index contributed by atoms with van der Waals surface area (Å²) in [5, 5.41) is 13.4. The molecule has 0 radical (unpaired) electrons. The van der Waals surface area contributed by atoms with E-state index < -0.39 is 17.7 Å². The number of methoxy groups -OCH3 is 1. The first kappa shape index (κ1) is 20.2. The molecule has 2 aromatic carbocycles. The number of rotatable bonds is 4. The number of hydrogen-bond acceptors (Lipinski definition) is 5. The summed E-state index contributed by atoms with van der Waals surface area (Å²) in [5.41, 5.74) is 1.66. The Bertz CT molecular complexity index is 1170. The van der Waals surface area contributed by atoms with E-state index in [1.165, 1.54) is 23.3 Å². The number of aliphatic hydroxyl groups is 1. The second-order valence-electron chi connectivity index (χ2n) is 6.80. The maximum Gasteiger partial charge on any atom is 0.300 e. The Balaban J connectivity index is 1.95. The Labute approximate surface area is 182 Å². The van der Waals surface area contributed by atoms with Gasteiger partial charge in [-0.3, -0.25) is 14.5 Å². The van der Waals surface area contributed by atoms with Gasteiger partial charge in [-0.1, -0.05) is 35.9 Å². The van der Waals surface area contributed by atoms with Crippen LogP contribution in [0.15, 0.2) is 65.6 Å². The molecule has 3 aromatic rings. The van der Waals surface area contributed by atoms with E-state index >= 15 is 0 Å². The van der Waals surface area contributed by atoms with Crippen LogP contribution in [0.3, 0.4) is 0 Å². The normalized spacial score (nSPS) is 18.1. The number of Topliss-reactive ketones (excluding diaryl/α,β-unsaturated/α-hetero) is 1. The average Bonchev–Trinajstić information content (AvgIpc) is 3.37. The van der Waals surface area contributed by atoms with Gasteiger partial charge in [0.05, 0.1) is 12.7 Å². The van der Waals surface area contributed by atoms with Crippen LogP contribution in [0.5, 0.6) is 5.75 Å². The lowest BCUT2D eigenvalue weighted by atomic mass is 9.99. The topological polar surface area (TPSA) is 66.8 Å². The smallest absolute Gasteiger partial charge is 0.300 e. The van der Waals surface area contributed by atoms with Crippen LogP contribution in [0.2, 0.25) is 5.02 Å². The first-order chi connectivity index (χ1) is 14.4. The van der Waals surface area contributed by atoms with Gasteiger partial charge in [-0.25, -0.2) is 0 Å². The number of thiophene rings is 1. The summed E-state index contributed by atoms with van der Waals surface area (Å²) in [7, 11) is 1.52. The van der Waals surface area contributed by atoms with Crippen molar-refractivity contribution in [3.63, 3.8) is 0 Å². The van der Waals surface area contributed by atoms with Gasteiger partial charge in [0.25, 0.3) is 11.7 Å². The van der Waals surface area contributed by atoms with Crippen molar-refractivity contribution < 1.29 is 19.4 Å². The number of ketones is 1. The Hall–Kier alpha value is -3.09. The van der Waals surface area contributed by atoms with E-state index in [9.17, 15) is 14.7 Å². The van der Waals surface area contributed by atoms with E-state index in [4.69, 9.17) is 16.3 Å². The zero-order chi connectivity index (χ0) is 21.4. The largest absolute Gasteiger partial charge is 0.507 e. The van der Waals surface area contributed by atoms with Gasteiger partial charge >= 0.3 is 0 Å². The number of amides is 1. The number of carbonyl (C=O) groups is 2. The number of benzene rings is 2. The molecule has 152 valence electrons. The second-order valence-corrected chi connectivity index (χ2v) is 8.19. The number of halogens is 1. The van der Waals surface area contributed by atoms with Gasteiger partial charge in [0.15, 0.2) is 0 Å². The maximum absolute atomic E-state index is 13.1. The highest BCUT2D eigenvalue weighted by Crippen LogP contribution is 2.45. The van der Waals surface area contributed by atoms with Gasteiger partial charge in [-0.05, 0) is 48.2 Å². The Morgan fingerprint density at radius 1 is 1.13 bits per heavy atom. The molecule has 2 heterocycles. The zero-order valence-corrected chi connectivity index (χ0v) is 17.8. The summed E-state index contributed by atoms with van der Waals surface area (Å²) < 4.78 is 5.23. The van der Waals surface area contributed by atoms with Crippen molar-refractivity contribution >= 4 is 46.1 Å². The molecule has 1 fully saturated rings. The number of carbonyl (C=O) groups excluding carboxylic acids is 2. The molecule has 1 unspecified atom stereocenters. The lowest BCUT2D eigenvalue weighted by Gasteiger charge is -2.26. The van der Waals surface area contributed by atoms with Crippen molar-refractivity contribution in [2.45, 2.75) is 13.0 Å². The molecule has 1 aromatic heterocycles. The van der Waals surface area contributed by atoms with Crippen LogP contribution in [0.4, 0.5) is 5.69 Å². The molecule has 0 bridgehead atoms. The van der Waals surface area contributed by atoms with E-state index in [0.717, 1.165) is 4.88 Å². The predicted molar refractivity (Wildman–Crippen MR) is 118 cm³/mol. The highest BCUT2D eigenvalue weighted by molar-refractivity contribution is 7.10. The number of ether oxygens (including phenoxy) is 1. The summed E-state index contributed by atoms with van der Waals surface area (Å²) in [6, 6.07) is 14.9. The van der Waals surface area contributed by atoms with Crippen LogP contribution in [0.1, 0.15) is 22.0 Å². The van der Waals surface area contributed by atoms with Crippen molar-refractivity contribution in [1.82, 2.24) is 0 Å². The number of anilines is 1. The Kier molecular flexibility index (Phi) is 5.37. The lowest BCUT2D eigenvalue weighted by molar-refractivity contribution is -0.132. The van der Waals surface area contributed by atoms with Crippen molar-refractivity contribution in [1.29, 1.82) is 0 Å². The molecule has 1 amide bonds. The van der Waals surface area contributed by atoms with Crippen molar-refractivity contribution in [3.05, 3.63) is 86.6 Å². The molecule has 1 N–H and O–H groups in total. The summed E-state index contributed by atoms with van der Waals surface area (Å²) in [6.45, 7) is 1.80. The second kappa shape index (κ2) is 7.97. The summed E-state index contributed by atoms with van der Waals surface area (Å²) >= 11 is 7.69. The molecule has 5 nitrogen and oxygen atoms in total. The predicted octanol–water partition coefficient (Wildman–Crippen LogP) is 5.34. The average molecular weight is 440 g/mol. The minimum atomic E-state index is -0.756. The molecule has 0 saturated carbocycles. The number of aliphatic hydroxyl groups excluding tert-OH is 1. The van der Waals surface area contributed by atoms with Crippen molar-refractivity contribution in [2.75, 3.05) is 12.0 Å². The van der Waals surface area contributed by atoms with Crippen LogP contribution in [0, 0.1) is 6.92 Å². The minimum absolute atomic E-state index is 0.0371. The first-order valence-electron chi connectivity index (χ1n) is 9.18. The molecule has 4 rings (SSSR count). The van der Waals surface area contributed by atoms with Crippen LogP contribution >= 0.6 is 22.9 Å².